The maximum atomic E-state index is 4.96. The lowest BCUT2D eigenvalue weighted by Crippen LogP contribution is -2.25. The van der Waals surface area contributed by atoms with E-state index >= 15 is 0 Å². The first-order valence-electron chi connectivity index (χ1n) is 10.7. The van der Waals surface area contributed by atoms with Crippen LogP contribution in [0.5, 0.6) is 0 Å². The summed E-state index contributed by atoms with van der Waals surface area (Å²) in [4.78, 5) is 20.3. The average Bonchev–Trinajstić information content (AvgIpc) is 3.45. The second-order valence-corrected chi connectivity index (χ2v) is 8.05. The summed E-state index contributed by atoms with van der Waals surface area (Å²) in [7, 11) is 0. The molecule has 0 amide bonds. The van der Waals surface area contributed by atoms with Crippen molar-refractivity contribution in [2.24, 2.45) is 0 Å². The van der Waals surface area contributed by atoms with Crippen molar-refractivity contribution >= 4 is 17.0 Å². The average molecular weight is 402 g/mol. The van der Waals surface area contributed by atoms with Gasteiger partial charge in [0.15, 0.2) is 0 Å². The van der Waals surface area contributed by atoms with Crippen LogP contribution in [0.25, 0.3) is 22.3 Å². The highest BCUT2D eigenvalue weighted by Crippen LogP contribution is 2.35. The van der Waals surface area contributed by atoms with Gasteiger partial charge < -0.3 is 9.88 Å². The molecule has 0 spiro atoms. The lowest BCUT2D eigenvalue weighted by molar-refractivity contribution is 0.634. The normalized spacial score (nSPS) is 16.7. The Bertz CT molecular complexity index is 1220. The van der Waals surface area contributed by atoms with Crippen LogP contribution >= 0.6 is 0 Å². The van der Waals surface area contributed by atoms with Gasteiger partial charge >= 0.3 is 0 Å². The summed E-state index contributed by atoms with van der Waals surface area (Å²) < 4.78 is 2.03. The molecule has 1 N–H and O–H groups in total. The standard InChI is InChI=1S/C23H27N7/c1-5-30-16(4)20(15(3)28-30)17-11-12-24-23(26-17)29-13-7-10-19(29)22-25-18-9-6-8-14(2)21(18)27-22/h6,8-9,11-12,19H,5,7,10,13H2,1-4H3,(H,25,27). The van der Waals surface area contributed by atoms with E-state index in [4.69, 9.17) is 9.97 Å². The van der Waals surface area contributed by atoms with Crippen LogP contribution in [0.15, 0.2) is 30.5 Å². The SMILES string of the molecule is CCn1nc(C)c(-c2ccnc(N3CCCC3c3nc4c(C)cccc4[nH]3)n2)c1C. The van der Waals surface area contributed by atoms with E-state index in [0.29, 0.717) is 0 Å². The lowest BCUT2D eigenvalue weighted by atomic mass is 10.1. The number of benzene rings is 1. The molecule has 1 saturated heterocycles. The van der Waals surface area contributed by atoms with Crippen LogP contribution in [-0.4, -0.2) is 36.3 Å². The minimum atomic E-state index is 0.160. The molecule has 1 atom stereocenters. The van der Waals surface area contributed by atoms with Crippen LogP contribution in [-0.2, 0) is 6.54 Å². The number of rotatable bonds is 4. The number of nitrogens with zero attached hydrogens (tertiary/aromatic N) is 6. The second kappa shape index (κ2) is 7.23. The lowest BCUT2D eigenvalue weighted by Gasteiger charge is -2.23. The number of imidazole rings is 1. The van der Waals surface area contributed by atoms with Crippen LogP contribution in [0.3, 0.4) is 0 Å². The minimum absolute atomic E-state index is 0.160. The number of aryl methyl sites for hydroxylation is 3. The maximum absolute atomic E-state index is 4.96. The number of anilines is 1. The van der Waals surface area contributed by atoms with Crippen LogP contribution < -0.4 is 4.90 Å². The first-order valence-corrected chi connectivity index (χ1v) is 10.7. The van der Waals surface area contributed by atoms with Crippen molar-refractivity contribution in [2.75, 3.05) is 11.4 Å². The fourth-order valence-electron chi connectivity index (χ4n) is 4.64. The molecule has 154 valence electrons. The van der Waals surface area contributed by atoms with Crippen molar-refractivity contribution in [1.82, 2.24) is 29.7 Å². The number of hydrogen-bond donors (Lipinski definition) is 1. The predicted molar refractivity (Wildman–Crippen MR) is 119 cm³/mol. The van der Waals surface area contributed by atoms with E-state index in [-0.39, 0.29) is 6.04 Å². The zero-order valence-electron chi connectivity index (χ0n) is 18.0. The molecular formula is C23H27N7. The van der Waals surface area contributed by atoms with Crippen molar-refractivity contribution in [2.45, 2.75) is 53.1 Å². The van der Waals surface area contributed by atoms with Gasteiger partial charge in [-0.3, -0.25) is 4.68 Å². The van der Waals surface area contributed by atoms with Gasteiger partial charge in [0.1, 0.15) is 5.82 Å². The van der Waals surface area contributed by atoms with Gasteiger partial charge in [-0.2, -0.15) is 5.10 Å². The number of fused-ring (bicyclic) bond motifs is 1. The molecular weight excluding hydrogens is 374 g/mol. The van der Waals surface area contributed by atoms with Gasteiger partial charge in [0, 0.05) is 30.5 Å². The van der Waals surface area contributed by atoms with E-state index in [9.17, 15) is 0 Å². The number of hydrogen-bond acceptors (Lipinski definition) is 5. The molecule has 7 heteroatoms. The predicted octanol–water partition coefficient (Wildman–Crippen LogP) is 4.50. The number of para-hydroxylation sites is 1. The molecule has 4 aromatic rings. The quantitative estimate of drug-likeness (QED) is 0.545. The number of aromatic amines is 1. The van der Waals surface area contributed by atoms with Gasteiger partial charge in [0.25, 0.3) is 0 Å². The molecule has 3 aromatic heterocycles. The number of H-pyrrole nitrogens is 1. The van der Waals surface area contributed by atoms with E-state index in [1.807, 2.05) is 23.9 Å². The molecule has 1 aliphatic rings. The van der Waals surface area contributed by atoms with Gasteiger partial charge in [-0.05, 0) is 58.2 Å². The first-order chi connectivity index (χ1) is 14.6. The van der Waals surface area contributed by atoms with Crippen LogP contribution in [0.1, 0.15) is 48.6 Å². The van der Waals surface area contributed by atoms with Gasteiger partial charge in [-0.15, -0.1) is 0 Å². The Labute approximate surface area is 176 Å². The van der Waals surface area contributed by atoms with Crippen molar-refractivity contribution in [3.63, 3.8) is 0 Å². The zero-order chi connectivity index (χ0) is 20.8. The zero-order valence-corrected chi connectivity index (χ0v) is 18.0. The fourth-order valence-corrected chi connectivity index (χ4v) is 4.64. The Hall–Kier alpha value is -3.22. The molecule has 1 unspecified atom stereocenters. The third kappa shape index (κ3) is 2.96. The molecule has 0 bridgehead atoms. The third-order valence-corrected chi connectivity index (χ3v) is 6.14. The molecule has 1 aromatic carbocycles. The minimum Gasteiger partial charge on any atom is -0.340 e. The summed E-state index contributed by atoms with van der Waals surface area (Å²) in [5.41, 5.74) is 7.51. The Balaban J connectivity index is 1.53. The van der Waals surface area contributed by atoms with Crippen LogP contribution in [0.4, 0.5) is 5.95 Å². The first kappa shape index (κ1) is 18.8. The Morgan fingerprint density at radius 1 is 1.13 bits per heavy atom. The summed E-state index contributed by atoms with van der Waals surface area (Å²) >= 11 is 0. The number of nitrogens with one attached hydrogen (secondary N) is 1. The molecule has 30 heavy (non-hydrogen) atoms. The summed E-state index contributed by atoms with van der Waals surface area (Å²) in [6.07, 6.45) is 4.00. The van der Waals surface area contributed by atoms with Crippen molar-refractivity contribution in [1.29, 1.82) is 0 Å². The monoisotopic (exact) mass is 401 g/mol. The summed E-state index contributed by atoms with van der Waals surface area (Å²) in [6.45, 7) is 10.1. The van der Waals surface area contributed by atoms with Gasteiger partial charge in [-0.1, -0.05) is 12.1 Å². The summed E-state index contributed by atoms with van der Waals surface area (Å²) in [6, 6.07) is 8.41. The van der Waals surface area contributed by atoms with E-state index < -0.39 is 0 Å². The molecule has 7 nitrogen and oxygen atoms in total. The van der Waals surface area contributed by atoms with E-state index in [2.05, 4.69) is 58.9 Å². The summed E-state index contributed by atoms with van der Waals surface area (Å²) in [5.74, 6) is 1.76. The van der Waals surface area contributed by atoms with E-state index in [1.165, 1.54) is 5.56 Å². The second-order valence-electron chi connectivity index (χ2n) is 8.05. The molecule has 0 aliphatic carbocycles. The van der Waals surface area contributed by atoms with Crippen LogP contribution in [0, 0.1) is 20.8 Å². The molecule has 0 radical (unpaired) electrons. The molecule has 1 fully saturated rings. The van der Waals surface area contributed by atoms with E-state index in [1.54, 1.807) is 0 Å². The Morgan fingerprint density at radius 3 is 2.77 bits per heavy atom. The van der Waals surface area contributed by atoms with Crippen molar-refractivity contribution in [3.8, 4) is 11.3 Å². The molecule has 0 saturated carbocycles. The molecule has 4 heterocycles. The molecule has 5 rings (SSSR count). The Morgan fingerprint density at radius 2 is 2.00 bits per heavy atom. The van der Waals surface area contributed by atoms with Crippen LogP contribution in [0.2, 0.25) is 0 Å². The van der Waals surface area contributed by atoms with Gasteiger partial charge in [0.2, 0.25) is 5.95 Å². The smallest absolute Gasteiger partial charge is 0.226 e. The third-order valence-electron chi connectivity index (χ3n) is 6.14. The number of aromatic nitrogens is 6. The summed E-state index contributed by atoms with van der Waals surface area (Å²) in [5, 5.41) is 4.65. The van der Waals surface area contributed by atoms with E-state index in [0.717, 1.165) is 71.4 Å². The highest BCUT2D eigenvalue weighted by molar-refractivity contribution is 5.78. The van der Waals surface area contributed by atoms with Crippen molar-refractivity contribution < 1.29 is 0 Å². The van der Waals surface area contributed by atoms with Gasteiger partial charge in [-0.25, -0.2) is 15.0 Å². The highest BCUT2D eigenvalue weighted by Gasteiger charge is 2.31. The fraction of sp³-hybridized carbons (Fsp3) is 0.391. The largest absolute Gasteiger partial charge is 0.340 e. The topological polar surface area (TPSA) is 75.5 Å². The Kier molecular flexibility index (Phi) is 4.53. The highest BCUT2D eigenvalue weighted by atomic mass is 15.3. The van der Waals surface area contributed by atoms with Gasteiger partial charge in [0.05, 0.1) is 28.5 Å². The van der Waals surface area contributed by atoms with Crippen molar-refractivity contribution in [3.05, 3.63) is 53.2 Å². The molecule has 1 aliphatic heterocycles. The maximum Gasteiger partial charge on any atom is 0.226 e.